The smallest absolute Gasteiger partial charge is 0.162 e. The molecular weight excluding hydrogens is 396 g/mol. The molecule has 0 spiro atoms. The van der Waals surface area contributed by atoms with Gasteiger partial charge in [0, 0.05) is 55.4 Å². The summed E-state index contributed by atoms with van der Waals surface area (Å²) in [4.78, 5) is 7.63. The molecule has 4 aromatic rings. The number of benzene rings is 2. The Morgan fingerprint density at radius 3 is 2.53 bits per heavy atom. The van der Waals surface area contributed by atoms with Crippen LogP contribution in [0, 0.1) is 0 Å². The molecule has 152 valence electrons. The maximum atomic E-state index is 11.6. The number of nitrogens with one attached hydrogen (secondary N) is 1. The SMILES string of the molecule is NS(=O)c1cccc(-c2cnn3cc(-c4ccc(N5CCNCC5)cc4)cnc23)c1. The van der Waals surface area contributed by atoms with Gasteiger partial charge in [-0.3, -0.25) is 0 Å². The number of fused-ring (bicyclic) bond motifs is 1. The van der Waals surface area contributed by atoms with E-state index in [1.165, 1.54) is 5.69 Å². The van der Waals surface area contributed by atoms with E-state index < -0.39 is 11.0 Å². The highest BCUT2D eigenvalue weighted by molar-refractivity contribution is 7.82. The summed E-state index contributed by atoms with van der Waals surface area (Å²) in [6.45, 7) is 4.10. The fraction of sp³-hybridized carbons (Fsp3) is 0.182. The van der Waals surface area contributed by atoms with Crippen molar-refractivity contribution in [1.29, 1.82) is 0 Å². The van der Waals surface area contributed by atoms with E-state index in [2.05, 4.69) is 44.6 Å². The van der Waals surface area contributed by atoms with Gasteiger partial charge in [0.25, 0.3) is 0 Å². The molecule has 7 nitrogen and oxygen atoms in total. The third-order valence-corrected chi connectivity index (χ3v) is 6.14. The van der Waals surface area contributed by atoms with Crippen molar-refractivity contribution in [2.45, 2.75) is 4.90 Å². The summed E-state index contributed by atoms with van der Waals surface area (Å²) < 4.78 is 13.4. The Labute approximate surface area is 177 Å². The number of hydrogen-bond acceptors (Lipinski definition) is 5. The number of rotatable bonds is 4. The molecule has 3 N–H and O–H groups in total. The zero-order valence-electron chi connectivity index (χ0n) is 16.4. The van der Waals surface area contributed by atoms with Gasteiger partial charge >= 0.3 is 0 Å². The van der Waals surface area contributed by atoms with Gasteiger partial charge in [-0.05, 0) is 35.4 Å². The van der Waals surface area contributed by atoms with Crippen molar-refractivity contribution in [3.63, 3.8) is 0 Å². The molecule has 5 rings (SSSR count). The van der Waals surface area contributed by atoms with Crippen LogP contribution in [0.5, 0.6) is 0 Å². The minimum atomic E-state index is -1.52. The lowest BCUT2D eigenvalue weighted by Gasteiger charge is -2.29. The lowest BCUT2D eigenvalue weighted by molar-refractivity contribution is 0.589. The second-order valence-corrected chi connectivity index (χ2v) is 8.34. The summed E-state index contributed by atoms with van der Waals surface area (Å²) >= 11 is 0. The van der Waals surface area contributed by atoms with E-state index in [1.807, 2.05) is 30.6 Å². The highest BCUT2D eigenvalue weighted by atomic mass is 32.2. The summed E-state index contributed by atoms with van der Waals surface area (Å²) in [5.74, 6) is 0. The molecule has 2 aromatic carbocycles. The van der Waals surface area contributed by atoms with Gasteiger partial charge in [0.15, 0.2) is 5.65 Å². The van der Waals surface area contributed by atoms with Crippen LogP contribution >= 0.6 is 0 Å². The molecule has 1 atom stereocenters. The van der Waals surface area contributed by atoms with Crippen LogP contribution in [0.4, 0.5) is 5.69 Å². The minimum absolute atomic E-state index is 0.577. The second kappa shape index (κ2) is 7.98. The first-order valence-electron chi connectivity index (χ1n) is 9.85. The van der Waals surface area contributed by atoms with Gasteiger partial charge in [0.2, 0.25) is 0 Å². The van der Waals surface area contributed by atoms with E-state index in [0.717, 1.165) is 54.1 Å². The molecule has 30 heavy (non-hydrogen) atoms. The number of anilines is 1. The minimum Gasteiger partial charge on any atom is -0.369 e. The fourth-order valence-corrected chi connectivity index (χ4v) is 4.26. The van der Waals surface area contributed by atoms with Crippen molar-refractivity contribution in [3.8, 4) is 22.3 Å². The van der Waals surface area contributed by atoms with Crippen LogP contribution in [0.1, 0.15) is 0 Å². The lowest BCUT2D eigenvalue weighted by Crippen LogP contribution is -2.43. The molecule has 1 unspecified atom stereocenters. The van der Waals surface area contributed by atoms with Gasteiger partial charge in [0.05, 0.1) is 11.1 Å². The molecule has 1 fully saturated rings. The number of piperazine rings is 1. The summed E-state index contributed by atoms with van der Waals surface area (Å²) in [5, 5.41) is 13.4. The first-order valence-corrected chi connectivity index (χ1v) is 11.1. The summed E-state index contributed by atoms with van der Waals surface area (Å²) in [6, 6.07) is 15.9. The Kier molecular flexibility index (Phi) is 5.04. The molecule has 1 aliphatic rings. The Hall–Kier alpha value is -3.07. The van der Waals surface area contributed by atoms with Gasteiger partial charge in [-0.1, -0.05) is 24.3 Å². The third kappa shape index (κ3) is 3.60. The van der Waals surface area contributed by atoms with Gasteiger partial charge in [0.1, 0.15) is 11.0 Å². The zero-order valence-corrected chi connectivity index (χ0v) is 17.2. The molecule has 0 amide bonds. The van der Waals surface area contributed by atoms with E-state index >= 15 is 0 Å². The van der Waals surface area contributed by atoms with Gasteiger partial charge in [-0.15, -0.1) is 0 Å². The molecule has 2 aromatic heterocycles. The van der Waals surface area contributed by atoms with Crippen LogP contribution in [0.3, 0.4) is 0 Å². The number of nitrogens with two attached hydrogens (primary N) is 1. The number of aromatic nitrogens is 3. The normalized spacial score (nSPS) is 15.4. The molecule has 8 heteroatoms. The van der Waals surface area contributed by atoms with Crippen molar-refractivity contribution in [1.82, 2.24) is 19.9 Å². The Bertz CT molecular complexity index is 1210. The number of hydrogen-bond donors (Lipinski definition) is 2. The van der Waals surface area contributed by atoms with Crippen molar-refractivity contribution in [3.05, 3.63) is 67.1 Å². The van der Waals surface area contributed by atoms with E-state index in [9.17, 15) is 4.21 Å². The number of nitrogens with zero attached hydrogens (tertiary/aromatic N) is 4. The lowest BCUT2D eigenvalue weighted by atomic mass is 10.1. The fourth-order valence-electron chi connectivity index (χ4n) is 3.80. The van der Waals surface area contributed by atoms with E-state index in [0.29, 0.717) is 4.90 Å². The van der Waals surface area contributed by atoms with Crippen molar-refractivity contribution in [2.24, 2.45) is 5.14 Å². The predicted molar refractivity (Wildman–Crippen MR) is 120 cm³/mol. The molecule has 1 aliphatic heterocycles. The quantitative estimate of drug-likeness (QED) is 0.532. The first kappa shape index (κ1) is 18.9. The second-order valence-electron chi connectivity index (χ2n) is 7.28. The van der Waals surface area contributed by atoms with Gasteiger partial charge in [-0.25, -0.2) is 18.8 Å². The molecule has 1 saturated heterocycles. The standard InChI is InChI=1S/C22H22N6OS/c23-30(29)20-3-1-2-17(12-20)21-14-26-28-15-18(13-25-22(21)28)16-4-6-19(7-5-16)27-10-8-24-9-11-27/h1-7,12-15,24H,8-11,23H2. The van der Waals surface area contributed by atoms with Crippen LogP contribution in [0.2, 0.25) is 0 Å². The largest absolute Gasteiger partial charge is 0.369 e. The average Bonchev–Trinajstić information content (AvgIpc) is 3.23. The highest BCUT2D eigenvalue weighted by Gasteiger charge is 2.12. The molecular formula is C22H22N6OS. The summed E-state index contributed by atoms with van der Waals surface area (Å²) in [7, 11) is -1.52. The highest BCUT2D eigenvalue weighted by Crippen LogP contribution is 2.27. The van der Waals surface area contributed by atoms with Gasteiger partial charge in [-0.2, -0.15) is 5.10 Å². The van der Waals surface area contributed by atoms with Gasteiger partial charge < -0.3 is 10.2 Å². The summed E-state index contributed by atoms with van der Waals surface area (Å²) in [6.07, 6.45) is 5.63. The average molecular weight is 419 g/mol. The molecule has 0 aliphatic carbocycles. The van der Waals surface area contributed by atoms with Crippen molar-refractivity contribution < 1.29 is 4.21 Å². The first-order chi connectivity index (χ1) is 14.7. The molecule has 0 bridgehead atoms. The van der Waals surface area contributed by atoms with E-state index in [1.54, 1.807) is 16.8 Å². The Morgan fingerprint density at radius 1 is 0.967 bits per heavy atom. The Morgan fingerprint density at radius 2 is 1.77 bits per heavy atom. The van der Waals surface area contributed by atoms with Crippen LogP contribution in [-0.4, -0.2) is 45.0 Å². The van der Waals surface area contributed by atoms with E-state index in [-0.39, 0.29) is 0 Å². The molecule has 0 saturated carbocycles. The topological polar surface area (TPSA) is 88.5 Å². The monoisotopic (exact) mass is 418 g/mol. The van der Waals surface area contributed by atoms with Crippen molar-refractivity contribution >= 4 is 22.3 Å². The Balaban J connectivity index is 1.45. The van der Waals surface area contributed by atoms with Crippen molar-refractivity contribution in [2.75, 3.05) is 31.1 Å². The maximum absolute atomic E-state index is 11.6. The van der Waals surface area contributed by atoms with Crippen LogP contribution in [0.25, 0.3) is 27.9 Å². The molecule has 3 heterocycles. The predicted octanol–water partition coefficient (Wildman–Crippen LogP) is 2.45. The third-order valence-electron chi connectivity index (χ3n) is 5.42. The van der Waals surface area contributed by atoms with Crippen LogP contribution in [0.15, 0.2) is 72.0 Å². The maximum Gasteiger partial charge on any atom is 0.162 e. The zero-order chi connectivity index (χ0) is 20.5. The summed E-state index contributed by atoms with van der Waals surface area (Å²) in [5.41, 5.74) is 5.86. The van der Waals surface area contributed by atoms with Crippen LogP contribution in [-0.2, 0) is 11.0 Å². The van der Waals surface area contributed by atoms with E-state index in [4.69, 9.17) is 5.14 Å². The molecule has 0 radical (unpaired) electrons. The van der Waals surface area contributed by atoms with Crippen LogP contribution < -0.4 is 15.4 Å².